The molecule has 2 amide bonds. The van der Waals surface area contributed by atoms with Gasteiger partial charge >= 0.3 is 12.0 Å². The highest BCUT2D eigenvalue weighted by atomic mass is 16.5. The van der Waals surface area contributed by atoms with E-state index in [0.29, 0.717) is 25.4 Å². The molecular weight excluding hydrogens is 396 g/mol. The Hall–Kier alpha value is -3.55. The van der Waals surface area contributed by atoms with E-state index in [9.17, 15) is 14.7 Å². The molecule has 1 aliphatic rings. The van der Waals surface area contributed by atoms with Crippen molar-refractivity contribution >= 4 is 17.8 Å². The molecule has 0 aliphatic carbocycles. The molecule has 1 aliphatic heterocycles. The van der Waals surface area contributed by atoms with Crippen LogP contribution in [-0.4, -0.2) is 47.5 Å². The van der Waals surface area contributed by atoms with Gasteiger partial charge in [-0.05, 0) is 24.1 Å². The van der Waals surface area contributed by atoms with Crippen LogP contribution in [0.1, 0.15) is 36.1 Å². The van der Waals surface area contributed by atoms with Gasteiger partial charge in [-0.25, -0.2) is 9.59 Å². The number of nitrogens with one attached hydrogen (secondary N) is 3. The van der Waals surface area contributed by atoms with Crippen molar-refractivity contribution in [2.45, 2.75) is 38.4 Å². The zero-order valence-electron chi connectivity index (χ0n) is 17.7. The Morgan fingerprint density at radius 1 is 1.19 bits per heavy atom. The predicted octanol–water partition coefficient (Wildman–Crippen LogP) is 2.93. The first kappa shape index (κ1) is 22.1. The highest BCUT2D eigenvalue weighted by Crippen LogP contribution is 2.35. The SMILES string of the molecule is CC(=N)NCc1ccccc1C[C@H](NC(=O)N(C)[C@H]1CCOc2ccccc21)C(=O)O. The Kier molecular flexibility index (Phi) is 7.12. The second kappa shape index (κ2) is 9.97. The molecule has 0 fully saturated rings. The molecule has 3 rings (SSSR count). The Morgan fingerprint density at radius 3 is 2.58 bits per heavy atom. The number of fused-ring (bicyclic) bond motifs is 1. The average molecular weight is 425 g/mol. The molecule has 4 N–H and O–H groups in total. The highest BCUT2D eigenvalue weighted by Gasteiger charge is 2.30. The normalized spacial score (nSPS) is 15.7. The summed E-state index contributed by atoms with van der Waals surface area (Å²) in [5, 5.41) is 22.9. The fourth-order valence-electron chi connectivity index (χ4n) is 3.69. The first-order chi connectivity index (χ1) is 14.9. The molecule has 31 heavy (non-hydrogen) atoms. The lowest BCUT2D eigenvalue weighted by atomic mass is 9.99. The van der Waals surface area contributed by atoms with Gasteiger partial charge in [0.15, 0.2) is 0 Å². The maximum atomic E-state index is 12.9. The van der Waals surface area contributed by atoms with E-state index >= 15 is 0 Å². The molecule has 2 atom stereocenters. The van der Waals surface area contributed by atoms with Gasteiger partial charge in [0.2, 0.25) is 0 Å². The van der Waals surface area contributed by atoms with Crippen LogP contribution in [0.2, 0.25) is 0 Å². The zero-order chi connectivity index (χ0) is 22.4. The highest BCUT2D eigenvalue weighted by molar-refractivity contribution is 5.83. The molecule has 164 valence electrons. The third-order valence-electron chi connectivity index (χ3n) is 5.40. The standard InChI is InChI=1S/C23H28N4O4/c1-15(24)25-14-17-8-4-3-7-16(17)13-19(22(28)29)26-23(30)27(2)20-11-12-31-21-10-6-5-9-18(20)21/h3-10,19-20H,11-14H2,1-2H3,(H2,24,25)(H,26,30)(H,28,29)/t19-,20-/m0/s1. The molecule has 0 saturated heterocycles. The fraction of sp³-hybridized carbons (Fsp3) is 0.348. The summed E-state index contributed by atoms with van der Waals surface area (Å²) in [7, 11) is 1.67. The van der Waals surface area contributed by atoms with Crippen molar-refractivity contribution in [1.29, 1.82) is 5.41 Å². The second-order valence-electron chi connectivity index (χ2n) is 7.59. The number of aliphatic carboxylic acids is 1. The average Bonchev–Trinajstić information content (AvgIpc) is 2.76. The van der Waals surface area contributed by atoms with Gasteiger partial charge in [0, 0.05) is 32.0 Å². The number of carboxylic acids is 1. The van der Waals surface area contributed by atoms with Crippen LogP contribution in [0.4, 0.5) is 4.79 Å². The molecule has 2 aromatic carbocycles. The Morgan fingerprint density at radius 2 is 1.87 bits per heavy atom. The van der Waals surface area contributed by atoms with Crippen molar-refractivity contribution < 1.29 is 19.4 Å². The zero-order valence-corrected chi connectivity index (χ0v) is 17.7. The summed E-state index contributed by atoms with van der Waals surface area (Å²) >= 11 is 0. The van der Waals surface area contributed by atoms with E-state index in [0.717, 1.165) is 22.4 Å². The minimum atomic E-state index is -1.10. The van der Waals surface area contributed by atoms with Crippen LogP contribution in [-0.2, 0) is 17.8 Å². The van der Waals surface area contributed by atoms with Crippen LogP contribution in [0.15, 0.2) is 48.5 Å². The molecular formula is C23H28N4O4. The molecule has 8 nitrogen and oxygen atoms in total. The van der Waals surface area contributed by atoms with Gasteiger partial charge in [-0.3, -0.25) is 5.41 Å². The van der Waals surface area contributed by atoms with E-state index in [4.69, 9.17) is 10.1 Å². The molecule has 0 spiro atoms. The van der Waals surface area contributed by atoms with Gasteiger partial charge in [0.25, 0.3) is 0 Å². The number of carbonyl (C=O) groups excluding carboxylic acids is 1. The van der Waals surface area contributed by atoms with Crippen molar-refractivity contribution in [2.24, 2.45) is 0 Å². The Labute approximate surface area is 181 Å². The Balaban J connectivity index is 1.72. The summed E-state index contributed by atoms with van der Waals surface area (Å²) in [6, 6.07) is 13.3. The summed E-state index contributed by atoms with van der Waals surface area (Å²) in [6.07, 6.45) is 0.782. The summed E-state index contributed by atoms with van der Waals surface area (Å²) in [5.74, 6) is -0.0208. The van der Waals surface area contributed by atoms with E-state index in [1.165, 1.54) is 0 Å². The third-order valence-corrected chi connectivity index (χ3v) is 5.40. The maximum absolute atomic E-state index is 12.9. The molecule has 0 unspecified atom stereocenters. The number of ether oxygens (including phenoxy) is 1. The van der Waals surface area contributed by atoms with Gasteiger partial charge in [0.05, 0.1) is 18.5 Å². The maximum Gasteiger partial charge on any atom is 0.326 e. The number of carboxylic acid groups (broad SMARTS) is 1. The van der Waals surface area contributed by atoms with Crippen molar-refractivity contribution in [3.05, 3.63) is 65.2 Å². The van der Waals surface area contributed by atoms with Gasteiger partial charge in [-0.1, -0.05) is 42.5 Å². The lowest BCUT2D eigenvalue weighted by Gasteiger charge is -2.33. The van der Waals surface area contributed by atoms with Crippen LogP contribution in [0.25, 0.3) is 0 Å². The van der Waals surface area contributed by atoms with E-state index in [2.05, 4.69) is 10.6 Å². The summed E-state index contributed by atoms with van der Waals surface area (Å²) in [5.41, 5.74) is 2.61. The van der Waals surface area contributed by atoms with E-state index < -0.39 is 18.0 Å². The number of benzene rings is 2. The summed E-state index contributed by atoms with van der Waals surface area (Å²) in [6.45, 7) is 2.56. The van der Waals surface area contributed by atoms with Gasteiger partial charge < -0.3 is 25.4 Å². The molecule has 0 bridgehead atoms. The van der Waals surface area contributed by atoms with Crippen LogP contribution < -0.4 is 15.4 Å². The monoisotopic (exact) mass is 424 g/mol. The number of amides is 2. The van der Waals surface area contributed by atoms with Crippen molar-refractivity contribution in [1.82, 2.24) is 15.5 Å². The first-order valence-electron chi connectivity index (χ1n) is 10.2. The van der Waals surface area contributed by atoms with E-state index in [1.54, 1.807) is 18.9 Å². The molecule has 0 radical (unpaired) electrons. The fourth-order valence-corrected chi connectivity index (χ4v) is 3.69. The van der Waals surface area contributed by atoms with Crippen LogP contribution in [0.3, 0.4) is 0 Å². The topological polar surface area (TPSA) is 115 Å². The quantitative estimate of drug-likeness (QED) is 0.403. The van der Waals surface area contributed by atoms with Crippen molar-refractivity contribution in [2.75, 3.05) is 13.7 Å². The van der Waals surface area contributed by atoms with Crippen LogP contribution in [0, 0.1) is 5.41 Å². The minimum absolute atomic E-state index is 0.147. The largest absolute Gasteiger partial charge is 0.493 e. The number of hydrogen-bond acceptors (Lipinski definition) is 4. The predicted molar refractivity (Wildman–Crippen MR) is 117 cm³/mol. The first-order valence-corrected chi connectivity index (χ1v) is 10.2. The molecule has 1 heterocycles. The second-order valence-corrected chi connectivity index (χ2v) is 7.59. The lowest BCUT2D eigenvalue weighted by molar-refractivity contribution is -0.139. The van der Waals surface area contributed by atoms with Gasteiger partial charge in [-0.15, -0.1) is 0 Å². The number of amidine groups is 1. The number of carbonyl (C=O) groups is 2. The van der Waals surface area contributed by atoms with Gasteiger partial charge in [0.1, 0.15) is 11.8 Å². The van der Waals surface area contributed by atoms with E-state index in [1.807, 2.05) is 48.5 Å². The lowest BCUT2D eigenvalue weighted by Crippen LogP contribution is -2.49. The van der Waals surface area contributed by atoms with Crippen molar-refractivity contribution in [3.63, 3.8) is 0 Å². The number of urea groups is 1. The van der Waals surface area contributed by atoms with Crippen LogP contribution in [0.5, 0.6) is 5.75 Å². The molecule has 0 aromatic heterocycles. The number of rotatable bonds is 7. The molecule has 8 heteroatoms. The van der Waals surface area contributed by atoms with E-state index in [-0.39, 0.29) is 12.5 Å². The van der Waals surface area contributed by atoms with Gasteiger partial charge in [-0.2, -0.15) is 0 Å². The Bertz CT molecular complexity index is 962. The minimum Gasteiger partial charge on any atom is -0.493 e. The van der Waals surface area contributed by atoms with Crippen molar-refractivity contribution in [3.8, 4) is 5.75 Å². The summed E-state index contributed by atoms with van der Waals surface area (Å²) < 4.78 is 5.66. The van der Waals surface area contributed by atoms with Crippen LogP contribution >= 0.6 is 0 Å². The molecule has 2 aromatic rings. The number of hydrogen-bond donors (Lipinski definition) is 4. The summed E-state index contributed by atoms with van der Waals surface area (Å²) in [4.78, 5) is 26.4. The molecule has 0 saturated carbocycles. The number of para-hydroxylation sites is 1. The third kappa shape index (κ3) is 5.53. The number of nitrogens with zero attached hydrogens (tertiary/aromatic N) is 1. The smallest absolute Gasteiger partial charge is 0.326 e.